The molecule has 2 unspecified atom stereocenters. The van der Waals surface area contributed by atoms with Crippen molar-refractivity contribution in [3.63, 3.8) is 0 Å². The molecule has 0 aliphatic carbocycles. The van der Waals surface area contributed by atoms with Crippen LogP contribution in [0.1, 0.15) is 27.2 Å². The van der Waals surface area contributed by atoms with E-state index in [1.165, 1.54) is 6.92 Å². The predicted molar refractivity (Wildman–Crippen MR) is 89.5 cm³/mol. The number of nitrogens with two attached hydrogens (primary N) is 1. The van der Waals surface area contributed by atoms with Gasteiger partial charge in [0.05, 0.1) is 17.7 Å². The lowest BCUT2D eigenvalue weighted by Gasteiger charge is -2.19. The van der Waals surface area contributed by atoms with Crippen LogP contribution in [0.5, 0.6) is 0 Å². The van der Waals surface area contributed by atoms with Gasteiger partial charge in [0, 0.05) is 6.08 Å². The Bertz CT molecular complexity index is 565. The maximum atomic E-state index is 12.8. The van der Waals surface area contributed by atoms with E-state index in [4.69, 9.17) is 10.5 Å². The molecule has 0 saturated heterocycles. The summed E-state index contributed by atoms with van der Waals surface area (Å²) in [5.41, 5.74) is 4.13. The Balaban J connectivity index is 4.79. The third-order valence-corrected chi connectivity index (χ3v) is 3.07. The van der Waals surface area contributed by atoms with Gasteiger partial charge in [0.1, 0.15) is 12.4 Å². The second kappa shape index (κ2) is 10.4. The van der Waals surface area contributed by atoms with Crippen molar-refractivity contribution in [2.45, 2.75) is 51.6 Å². The van der Waals surface area contributed by atoms with Gasteiger partial charge in [-0.1, -0.05) is 20.4 Å². The van der Waals surface area contributed by atoms with E-state index in [0.717, 1.165) is 0 Å². The van der Waals surface area contributed by atoms with Crippen LogP contribution < -0.4 is 11.1 Å². The summed E-state index contributed by atoms with van der Waals surface area (Å²) in [5, 5.41) is 2.53. The Labute approximate surface area is 154 Å². The number of rotatable bonds is 9. The number of allylic oxidation sites excluding steroid dienone is 4. The molecule has 0 heterocycles. The molecule has 0 aliphatic rings. The molecule has 0 aromatic heterocycles. The second-order valence-corrected chi connectivity index (χ2v) is 6.40. The lowest BCUT2D eigenvalue weighted by atomic mass is 10.0. The molecule has 0 aromatic carbocycles. The lowest BCUT2D eigenvalue weighted by Crippen LogP contribution is -2.46. The van der Waals surface area contributed by atoms with E-state index < -0.39 is 47.8 Å². The molecular weight excluding hydrogens is 378 g/mol. The van der Waals surface area contributed by atoms with Crippen molar-refractivity contribution >= 4 is 5.91 Å². The van der Waals surface area contributed by atoms with Crippen LogP contribution in [0.25, 0.3) is 0 Å². The molecular formula is C17H24F6N2O2. The van der Waals surface area contributed by atoms with E-state index in [9.17, 15) is 31.1 Å². The molecule has 0 saturated carbocycles. The highest BCUT2D eigenvalue weighted by Crippen LogP contribution is 2.29. The minimum Gasteiger partial charge on any atom is -0.492 e. The highest BCUT2D eigenvalue weighted by Gasteiger charge is 2.33. The SMILES string of the molecule is C=C(/C=C(\C=C\C(F)(F)F)C(F)(F)F)OCC(C)NC(=O)C(N)CC(C)C. The molecule has 3 N–H and O–H groups in total. The Morgan fingerprint density at radius 3 is 2.19 bits per heavy atom. The zero-order chi connectivity index (χ0) is 21.4. The Kier molecular flexibility index (Phi) is 9.63. The van der Waals surface area contributed by atoms with Gasteiger partial charge in [-0.3, -0.25) is 4.79 Å². The second-order valence-electron chi connectivity index (χ2n) is 6.40. The number of carbonyl (C=O) groups is 1. The summed E-state index contributed by atoms with van der Waals surface area (Å²) in [6.07, 6.45) is -9.74. The maximum absolute atomic E-state index is 12.8. The normalized spacial score (nSPS) is 15.7. The topological polar surface area (TPSA) is 64.3 Å². The van der Waals surface area contributed by atoms with Crippen molar-refractivity contribution < 1.29 is 35.9 Å². The minimum atomic E-state index is -5.02. The van der Waals surface area contributed by atoms with Crippen molar-refractivity contribution in [1.82, 2.24) is 5.32 Å². The highest BCUT2D eigenvalue weighted by atomic mass is 19.4. The van der Waals surface area contributed by atoms with Gasteiger partial charge >= 0.3 is 12.4 Å². The quantitative estimate of drug-likeness (QED) is 0.348. The predicted octanol–water partition coefficient (Wildman–Crippen LogP) is 4.00. The molecule has 0 rings (SSSR count). The first-order valence-corrected chi connectivity index (χ1v) is 8.04. The van der Waals surface area contributed by atoms with E-state index >= 15 is 0 Å². The van der Waals surface area contributed by atoms with Crippen molar-refractivity contribution in [2.24, 2.45) is 11.7 Å². The number of amides is 1. The Morgan fingerprint density at radius 2 is 1.74 bits per heavy atom. The molecule has 0 aliphatic heterocycles. The van der Waals surface area contributed by atoms with Crippen molar-refractivity contribution in [3.05, 3.63) is 36.1 Å². The Hall–Kier alpha value is -1.97. The van der Waals surface area contributed by atoms with Gasteiger partial charge in [-0.15, -0.1) is 0 Å². The molecule has 0 radical (unpaired) electrons. The number of hydrogen-bond donors (Lipinski definition) is 2. The minimum absolute atomic E-state index is 0.106. The van der Waals surface area contributed by atoms with Crippen molar-refractivity contribution in [1.29, 1.82) is 0 Å². The summed E-state index contributed by atoms with van der Waals surface area (Å²) in [4.78, 5) is 11.8. The first kappa shape index (κ1) is 25.0. The van der Waals surface area contributed by atoms with Crippen LogP contribution in [0.4, 0.5) is 26.3 Å². The van der Waals surface area contributed by atoms with Gasteiger partial charge in [0.25, 0.3) is 0 Å². The molecule has 0 spiro atoms. The summed E-state index contributed by atoms with van der Waals surface area (Å²) in [5.74, 6) is -0.737. The fourth-order valence-electron chi connectivity index (χ4n) is 1.86. The van der Waals surface area contributed by atoms with Gasteiger partial charge in [-0.2, -0.15) is 26.3 Å². The maximum Gasteiger partial charge on any atom is 0.416 e. The van der Waals surface area contributed by atoms with Gasteiger partial charge in [0.15, 0.2) is 0 Å². The fourth-order valence-corrected chi connectivity index (χ4v) is 1.86. The average molecular weight is 402 g/mol. The van der Waals surface area contributed by atoms with E-state index in [-0.39, 0.29) is 18.6 Å². The smallest absolute Gasteiger partial charge is 0.416 e. The molecule has 0 bridgehead atoms. The van der Waals surface area contributed by atoms with Crippen molar-refractivity contribution in [3.8, 4) is 0 Å². The fraction of sp³-hybridized carbons (Fsp3) is 0.588. The largest absolute Gasteiger partial charge is 0.492 e. The number of ether oxygens (including phenoxy) is 1. The molecule has 1 amide bonds. The first-order valence-electron chi connectivity index (χ1n) is 8.04. The van der Waals surface area contributed by atoms with E-state index in [1.54, 1.807) is 0 Å². The van der Waals surface area contributed by atoms with Crippen LogP contribution in [-0.4, -0.2) is 37.0 Å². The number of hydrogen-bond acceptors (Lipinski definition) is 3. The summed E-state index contributed by atoms with van der Waals surface area (Å²) in [6, 6.07) is -1.33. The van der Waals surface area contributed by atoms with Gasteiger partial charge in [-0.05, 0) is 31.4 Å². The molecule has 27 heavy (non-hydrogen) atoms. The third kappa shape index (κ3) is 12.1. The monoisotopic (exact) mass is 402 g/mol. The summed E-state index contributed by atoms with van der Waals surface area (Å²) >= 11 is 0. The highest BCUT2D eigenvalue weighted by molar-refractivity contribution is 5.81. The number of alkyl halides is 6. The first-order chi connectivity index (χ1) is 12.1. The molecule has 0 fully saturated rings. The number of nitrogens with one attached hydrogen (secondary N) is 1. The number of carbonyl (C=O) groups excluding carboxylic acids is 1. The van der Waals surface area contributed by atoms with E-state index in [1.807, 2.05) is 13.8 Å². The van der Waals surface area contributed by atoms with Gasteiger partial charge in [-0.25, -0.2) is 0 Å². The van der Waals surface area contributed by atoms with E-state index in [2.05, 4.69) is 11.9 Å². The van der Waals surface area contributed by atoms with Crippen molar-refractivity contribution in [2.75, 3.05) is 6.61 Å². The zero-order valence-electron chi connectivity index (χ0n) is 15.2. The van der Waals surface area contributed by atoms with Crippen LogP contribution in [0.2, 0.25) is 0 Å². The average Bonchev–Trinajstić information content (AvgIpc) is 2.46. The third-order valence-electron chi connectivity index (χ3n) is 3.07. The Morgan fingerprint density at radius 1 is 1.19 bits per heavy atom. The zero-order valence-corrected chi connectivity index (χ0v) is 15.2. The standard InChI is InChI=1S/C17H24F6N2O2/c1-10(2)7-14(24)15(26)25-11(3)9-27-12(4)8-13(17(21,22)23)5-6-16(18,19)20/h5-6,8,10-11,14H,4,7,9,24H2,1-3H3,(H,25,26)/b6-5+,13-8+. The van der Waals surface area contributed by atoms with Crippen LogP contribution >= 0.6 is 0 Å². The summed E-state index contributed by atoms with van der Waals surface area (Å²) in [7, 11) is 0. The molecule has 156 valence electrons. The van der Waals surface area contributed by atoms with Crippen LogP contribution in [0.15, 0.2) is 36.1 Å². The van der Waals surface area contributed by atoms with Gasteiger partial charge in [0.2, 0.25) is 5.91 Å². The molecule has 2 atom stereocenters. The van der Waals surface area contributed by atoms with Crippen LogP contribution in [0, 0.1) is 5.92 Å². The van der Waals surface area contributed by atoms with Crippen LogP contribution in [0.3, 0.4) is 0 Å². The lowest BCUT2D eigenvalue weighted by molar-refractivity contribution is -0.123. The van der Waals surface area contributed by atoms with Gasteiger partial charge < -0.3 is 15.8 Å². The molecule has 0 aromatic rings. The van der Waals surface area contributed by atoms with Crippen LogP contribution in [-0.2, 0) is 9.53 Å². The molecule has 10 heteroatoms. The number of halogens is 6. The summed E-state index contributed by atoms with van der Waals surface area (Å²) < 4.78 is 79.5. The van der Waals surface area contributed by atoms with E-state index in [0.29, 0.717) is 12.5 Å². The molecule has 4 nitrogen and oxygen atoms in total. The summed E-state index contributed by atoms with van der Waals surface area (Å²) in [6.45, 7) is 8.31.